The summed E-state index contributed by atoms with van der Waals surface area (Å²) in [5, 5.41) is 1.60. The second-order valence-electron chi connectivity index (χ2n) is 4.56. The molecule has 1 heterocycles. The van der Waals surface area contributed by atoms with E-state index in [1.54, 1.807) is 0 Å². The van der Waals surface area contributed by atoms with Crippen LogP contribution in [0.5, 0.6) is 0 Å². The molecule has 0 radical (unpaired) electrons. The summed E-state index contributed by atoms with van der Waals surface area (Å²) in [6, 6.07) is 10.7. The molecule has 1 aliphatic rings. The largest absolute Gasteiger partial charge is 0.256 e. The fraction of sp³-hybridized carbons (Fsp3) is 0.357. The smallest absolute Gasteiger partial charge is 0.0702 e. The van der Waals surface area contributed by atoms with Crippen molar-refractivity contribution in [3.8, 4) is 0 Å². The van der Waals surface area contributed by atoms with E-state index in [9.17, 15) is 0 Å². The lowest BCUT2D eigenvalue weighted by atomic mass is 9.96. The fourth-order valence-electron chi connectivity index (χ4n) is 2.58. The van der Waals surface area contributed by atoms with Gasteiger partial charge in [0.15, 0.2) is 0 Å². The first-order valence-electron chi connectivity index (χ1n) is 5.82. The maximum absolute atomic E-state index is 6.16. The number of hydrogen-bond acceptors (Lipinski definition) is 1. The van der Waals surface area contributed by atoms with Gasteiger partial charge in [-0.05, 0) is 48.9 Å². The van der Waals surface area contributed by atoms with Crippen LogP contribution in [0.4, 0.5) is 0 Å². The zero-order chi connectivity index (χ0) is 11.0. The Morgan fingerprint density at radius 3 is 2.94 bits per heavy atom. The molecule has 0 amide bonds. The van der Waals surface area contributed by atoms with Crippen molar-refractivity contribution in [2.75, 3.05) is 0 Å². The SMILES string of the molecule is ClC1CCC(c2ccc3ncccc3c2)C1. The molecule has 2 unspecified atom stereocenters. The molecule has 3 rings (SSSR count). The molecule has 1 saturated carbocycles. The van der Waals surface area contributed by atoms with Crippen molar-refractivity contribution in [1.29, 1.82) is 0 Å². The number of hydrogen-bond donors (Lipinski definition) is 0. The summed E-state index contributed by atoms with van der Waals surface area (Å²) in [5.74, 6) is 0.645. The predicted octanol–water partition coefficient (Wildman–Crippen LogP) is 4.11. The third-order valence-corrected chi connectivity index (χ3v) is 3.86. The molecular formula is C14H14ClN. The Morgan fingerprint density at radius 2 is 2.12 bits per heavy atom. The van der Waals surface area contributed by atoms with Crippen molar-refractivity contribution in [1.82, 2.24) is 4.98 Å². The molecule has 1 aliphatic carbocycles. The van der Waals surface area contributed by atoms with Gasteiger partial charge in [0, 0.05) is 17.0 Å². The molecule has 2 heteroatoms. The van der Waals surface area contributed by atoms with Crippen LogP contribution in [0.1, 0.15) is 30.7 Å². The first-order valence-corrected chi connectivity index (χ1v) is 6.25. The van der Waals surface area contributed by atoms with E-state index in [0.717, 1.165) is 18.4 Å². The van der Waals surface area contributed by atoms with Crippen LogP contribution in [0.25, 0.3) is 10.9 Å². The summed E-state index contributed by atoms with van der Waals surface area (Å²) in [7, 11) is 0. The summed E-state index contributed by atoms with van der Waals surface area (Å²) in [5.41, 5.74) is 2.50. The van der Waals surface area contributed by atoms with Gasteiger partial charge in [-0.1, -0.05) is 12.1 Å². The van der Waals surface area contributed by atoms with Crippen LogP contribution in [0, 0.1) is 0 Å². The molecular weight excluding hydrogens is 218 g/mol. The zero-order valence-corrected chi connectivity index (χ0v) is 9.82. The molecule has 82 valence electrons. The molecule has 1 fully saturated rings. The monoisotopic (exact) mass is 231 g/mol. The number of rotatable bonds is 1. The third kappa shape index (κ3) is 1.80. The molecule has 1 nitrogen and oxygen atoms in total. The molecule has 16 heavy (non-hydrogen) atoms. The van der Waals surface area contributed by atoms with Gasteiger partial charge in [-0.15, -0.1) is 11.6 Å². The Morgan fingerprint density at radius 1 is 1.19 bits per heavy atom. The number of aromatic nitrogens is 1. The van der Waals surface area contributed by atoms with Crippen LogP contribution in [0.3, 0.4) is 0 Å². The van der Waals surface area contributed by atoms with Gasteiger partial charge in [0.1, 0.15) is 0 Å². The lowest BCUT2D eigenvalue weighted by Gasteiger charge is -2.10. The van der Waals surface area contributed by atoms with Crippen LogP contribution < -0.4 is 0 Å². The number of benzene rings is 1. The Labute approximate surface area is 100 Å². The Bertz CT molecular complexity index is 509. The highest BCUT2D eigenvalue weighted by Gasteiger charge is 2.24. The normalized spacial score (nSPS) is 25.1. The minimum atomic E-state index is 0.370. The van der Waals surface area contributed by atoms with Crippen LogP contribution in [-0.4, -0.2) is 10.4 Å². The second-order valence-corrected chi connectivity index (χ2v) is 5.18. The molecule has 2 atom stereocenters. The highest BCUT2D eigenvalue weighted by atomic mass is 35.5. The number of fused-ring (bicyclic) bond motifs is 1. The minimum Gasteiger partial charge on any atom is -0.256 e. The van der Waals surface area contributed by atoms with Gasteiger partial charge >= 0.3 is 0 Å². The van der Waals surface area contributed by atoms with Gasteiger partial charge in [-0.3, -0.25) is 4.98 Å². The van der Waals surface area contributed by atoms with Crippen molar-refractivity contribution in [3.05, 3.63) is 42.1 Å². The average molecular weight is 232 g/mol. The minimum absolute atomic E-state index is 0.370. The lowest BCUT2D eigenvalue weighted by molar-refractivity contribution is 0.725. The van der Waals surface area contributed by atoms with Crippen molar-refractivity contribution in [3.63, 3.8) is 0 Å². The first kappa shape index (κ1) is 10.1. The van der Waals surface area contributed by atoms with E-state index in [-0.39, 0.29) is 0 Å². The quantitative estimate of drug-likeness (QED) is 0.673. The molecule has 2 aromatic rings. The van der Waals surface area contributed by atoms with E-state index in [4.69, 9.17) is 11.6 Å². The van der Waals surface area contributed by atoms with Crippen LogP contribution in [0.15, 0.2) is 36.5 Å². The fourth-order valence-corrected chi connectivity index (χ4v) is 2.92. The Hall–Kier alpha value is -1.08. The van der Waals surface area contributed by atoms with E-state index >= 15 is 0 Å². The number of pyridine rings is 1. The van der Waals surface area contributed by atoms with E-state index < -0.39 is 0 Å². The van der Waals surface area contributed by atoms with Crippen LogP contribution >= 0.6 is 11.6 Å². The highest BCUT2D eigenvalue weighted by molar-refractivity contribution is 6.20. The molecule has 1 aromatic carbocycles. The standard InChI is InChI=1S/C14H14ClN/c15-13-5-3-11(9-13)10-4-6-14-12(8-10)2-1-7-16-14/h1-2,4,6-8,11,13H,3,5,9H2. The highest BCUT2D eigenvalue weighted by Crippen LogP contribution is 2.37. The molecule has 0 aliphatic heterocycles. The predicted molar refractivity (Wildman–Crippen MR) is 68.0 cm³/mol. The lowest BCUT2D eigenvalue weighted by Crippen LogP contribution is -1.94. The topological polar surface area (TPSA) is 12.9 Å². The van der Waals surface area contributed by atoms with Crippen molar-refractivity contribution < 1.29 is 0 Å². The molecule has 0 N–H and O–H groups in total. The zero-order valence-electron chi connectivity index (χ0n) is 9.07. The van der Waals surface area contributed by atoms with Gasteiger partial charge in [-0.2, -0.15) is 0 Å². The van der Waals surface area contributed by atoms with Gasteiger partial charge in [0.05, 0.1) is 5.52 Å². The second kappa shape index (κ2) is 4.06. The van der Waals surface area contributed by atoms with Gasteiger partial charge in [0.25, 0.3) is 0 Å². The van der Waals surface area contributed by atoms with Gasteiger partial charge in [-0.25, -0.2) is 0 Å². The van der Waals surface area contributed by atoms with Crippen molar-refractivity contribution in [2.24, 2.45) is 0 Å². The number of nitrogens with zero attached hydrogens (tertiary/aromatic N) is 1. The molecule has 0 saturated heterocycles. The van der Waals surface area contributed by atoms with Crippen molar-refractivity contribution in [2.45, 2.75) is 30.6 Å². The summed E-state index contributed by atoms with van der Waals surface area (Å²) in [6.07, 6.45) is 5.33. The summed E-state index contributed by atoms with van der Waals surface area (Å²) < 4.78 is 0. The number of halogens is 1. The van der Waals surface area contributed by atoms with E-state index in [2.05, 4.69) is 29.2 Å². The first-order chi connectivity index (χ1) is 7.83. The van der Waals surface area contributed by atoms with E-state index in [1.807, 2.05) is 12.3 Å². The van der Waals surface area contributed by atoms with Gasteiger partial charge in [0.2, 0.25) is 0 Å². The van der Waals surface area contributed by atoms with E-state index in [1.165, 1.54) is 17.4 Å². The number of alkyl halides is 1. The van der Waals surface area contributed by atoms with Crippen molar-refractivity contribution >= 4 is 22.5 Å². The average Bonchev–Trinajstić information content (AvgIpc) is 2.75. The summed E-state index contributed by atoms with van der Waals surface area (Å²) in [4.78, 5) is 4.34. The summed E-state index contributed by atoms with van der Waals surface area (Å²) in [6.45, 7) is 0. The maximum Gasteiger partial charge on any atom is 0.0702 e. The Balaban J connectivity index is 1.99. The molecule has 1 aromatic heterocycles. The Kier molecular flexibility index (Phi) is 2.56. The molecule has 0 bridgehead atoms. The van der Waals surface area contributed by atoms with E-state index in [0.29, 0.717) is 11.3 Å². The third-order valence-electron chi connectivity index (χ3n) is 3.47. The van der Waals surface area contributed by atoms with Crippen LogP contribution in [0.2, 0.25) is 0 Å². The summed E-state index contributed by atoms with van der Waals surface area (Å²) >= 11 is 6.16. The molecule has 0 spiro atoms. The van der Waals surface area contributed by atoms with Gasteiger partial charge < -0.3 is 0 Å². The maximum atomic E-state index is 6.16. The van der Waals surface area contributed by atoms with Crippen LogP contribution in [-0.2, 0) is 0 Å².